The van der Waals surface area contributed by atoms with E-state index < -0.39 is 0 Å². The van der Waals surface area contributed by atoms with Crippen LogP contribution in [0.3, 0.4) is 0 Å². The lowest BCUT2D eigenvalue weighted by atomic mass is 9.79. The van der Waals surface area contributed by atoms with Crippen molar-refractivity contribution in [1.29, 1.82) is 0 Å². The number of piperidine rings is 3. The van der Waals surface area contributed by atoms with Gasteiger partial charge in [-0.05, 0) is 69.1 Å². The van der Waals surface area contributed by atoms with E-state index in [1.54, 1.807) is 42.6 Å². The van der Waals surface area contributed by atoms with E-state index in [-0.39, 0.29) is 11.9 Å². The summed E-state index contributed by atoms with van der Waals surface area (Å²) in [5, 5.41) is 3.63. The molecule has 4 heterocycles. The Hall–Kier alpha value is -2.11. The average Bonchev–Trinajstić information content (AvgIpc) is 2.65. The van der Waals surface area contributed by atoms with Gasteiger partial charge in [0.1, 0.15) is 16.7 Å². The SMILES string of the molecule is CC1C(NC(=O)c2ccc(Oc3ccnc(Cl)c3)cc2)C2CCN1CC2. The maximum atomic E-state index is 12.7. The van der Waals surface area contributed by atoms with Crippen molar-refractivity contribution < 1.29 is 9.53 Å². The molecule has 2 bridgehead atoms. The van der Waals surface area contributed by atoms with Crippen LogP contribution in [-0.2, 0) is 0 Å². The predicted octanol–water partition coefficient (Wildman–Crippen LogP) is 3.74. The topological polar surface area (TPSA) is 54.5 Å². The fourth-order valence-corrected chi connectivity index (χ4v) is 4.20. The molecule has 2 atom stereocenters. The molecule has 0 spiro atoms. The fourth-order valence-electron chi connectivity index (χ4n) is 4.04. The third kappa shape index (κ3) is 3.55. The molecule has 1 N–H and O–H groups in total. The number of rotatable bonds is 4. The molecule has 2 aromatic rings. The van der Waals surface area contributed by atoms with Gasteiger partial charge in [-0.1, -0.05) is 11.6 Å². The summed E-state index contributed by atoms with van der Waals surface area (Å²) in [7, 11) is 0. The summed E-state index contributed by atoms with van der Waals surface area (Å²) in [5.41, 5.74) is 0.647. The Morgan fingerprint density at radius 3 is 2.58 bits per heavy atom. The van der Waals surface area contributed by atoms with Crippen molar-refractivity contribution in [3.8, 4) is 11.5 Å². The molecule has 3 aliphatic rings. The van der Waals surface area contributed by atoms with E-state index in [0.717, 1.165) is 13.1 Å². The first kappa shape index (κ1) is 17.3. The van der Waals surface area contributed by atoms with Gasteiger partial charge in [0.2, 0.25) is 0 Å². The summed E-state index contributed by atoms with van der Waals surface area (Å²) >= 11 is 5.86. The van der Waals surface area contributed by atoms with E-state index in [1.165, 1.54) is 12.8 Å². The molecular formula is C20H22ClN3O2. The number of nitrogens with one attached hydrogen (secondary N) is 1. The van der Waals surface area contributed by atoms with Crippen LogP contribution < -0.4 is 10.1 Å². The monoisotopic (exact) mass is 371 g/mol. The molecule has 136 valence electrons. The summed E-state index contributed by atoms with van der Waals surface area (Å²) in [4.78, 5) is 19.1. The number of fused-ring (bicyclic) bond motifs is 3. The number of benzene rings is 1. The molecule has 6 heteroatoms. The summed E-state index contributed by atoms with van der Waals surface area (Å²) < 4.78 is 5.74. The minimum Gasteiger partial charge on any atom is -0.457 e. The number of carbonyl (C=O) groups is 1. The van der Waals surface area contributed by atoms with E-state index in [1.807, 2.05) is 0 Å². The van der Waals surface area contributed by atoms with Gasteiger partial charge < -0.3 is 10.1 Å². The van der Waals surface area contributed by atoms with Crippen molar-refractivity contribution in [2.45, 2.75) is 31.8 Å². The van der Waals surface area contributed by atoms with Gasteiger partial charge in [0, 0.05) is 29.9 Å². The highest BCUT2D eigenvalue weighted by Crippen LogP contribution is 2.32. The average molecular weight is 372 g/mol. The first-order valence-corrected chi connectivity index (χ1v) is 9.42. The molecule has 1 aromatic carbocycles. The standard InChI is InChI=1S/C20H22ClN3O2/c1-13-19(14-7-10-24(13)11-8-14)23-20(25)15-2-4-16(5-3-15)26-17-6-9-22-18(21)12-17/h2-6,9,12-14,19H,7-8,10-11H2,1H3,(H,23,25). The van der Waals surface area contributed by atoms with Crippen molar-refractivity contribution in [2.24, 2.45) is 5.92 Å². The second-order valence-electron chi connectivity index (χ2n) is 7.05. The number of nitrogens with zero attached hydrogens (tertiary/aromatic N) is 2. The summed E-state index contributed by atoms with van der Waals surface area (Å²) in [6.45, 7) is 4.53. The number of hydrogen-bond donors (Lipinski definition) is 1. The number of aromatic nitrogens is 1. The van der Waals surface area contributed by atoms with Gasteiger partial charge in [0.25, 0.3) is 5.91 Å². The summed E-state index contributed by atoms with van der Waals surface area (Å²) in [6, 6.07) is 11.2. The van der Waals surface area contributed by atoms with Gasteiger partial charge in [-0.25, -0.2) is 4.98 Å². The smallest absolute Gasteiger partial charge is 0.251 e. The van der Waals surface area contributed by atoms with Gasteiger partial charge in [0.15, 0.2) is 0 Å². The van der Waals surface area contributed by atoms with Crippen LogP contribution >= 0.6 is 11.6 Å². The van der Waals surface area contributed by atoms with Crippen molar-refractivity contribution in [3.05, 3.63) is 53.3 Å². The second-order valence-corrected chi connectivity index (χ2v) is 7.44. The third-order valence-corrected chi connectivity index (χ3v) is 5.73. The second kappa shape index (κ2) is 7.25. The molecule has 0 aliphatic carbocycles. The number of halogens is 1. The van der Waals surface area contributed by atoms with Gasteiger partial charge in [-0.3, -0.25) is 9.69 Å². The Kier molecular flexibility index (Phi) is 4.83. The van der Waals surface area contributed by atoms with Crippen LogP contribution in [0.5, 0.6) is 11.5 Å². The molecule has 3 saturated heterocycles. The zero-order valence-corrected chi connectivity index (χ0v) is 15.4. The Balaban J connectivity index is 1.41. The largest absolute Gasteiger partial charge is 0.457 e. The molecular weight excluding hydrogens is 350 g/mol. The normalized spacial score (nSPS) is 27.2. The highest BCUT2D eigenvalue weighted by molar-refractivity contribution is 6.29. The number of carbonyl (C=O) groups excluding carboxylic acids is 1. The maximum Gasteiger partial charge on any atom is 0.251 e. The fraction of sp³-hybridized carbons (Fsp3) is 0.400. The quantitative estimate of drug-likeness (QED) is 0.832. The van der Waals surface area contributed by atoms with Crippen LogP contribution in [0.15, 0.2) is 42.6 Å². The highest BCUT2D eigenvalue weighted by Gasteiger charge is 2.40. The summed E-state index contributed by atoms with van der Waals surface area (Å²) in [5.74, 6) is 1.84. The molecule has 2 unspecified atom stereocenters. The van der Waals surface area contributed by atoms with E-state index in [0.29, 0.717) is 34.2 Å². The predicted molar refractivity (Wildman–Crippen MR) is 101 cm³/mol. The van der Waals surface area contributed by atoms with Crippen molar-refractivity contribution in [2.75, 3.05) is 13.1 Å². The van der Waals surface area contributed by atoms with Gasteiger partial charge in [-0.15, -0.1) is 0 Å². The van der Waals surface area contributed by atoms with E-state index in [4.69, 9.17) is 16.3 Å². The molecule has 1 amide bonds. The molecule has 26 heavy (non-hydrogen) atoms. The number of hydrogen-bond acceptors (Lipinski definition) is 4. The van der Waals surface area contributed by atoms with Gasteiger partial charge in [0.05, 0.1) is 0 Å². The Morgan fingerprint density at radius 1 is 1.19 bits per heavy atom. The Bertz CT molecular complexity index is 786. The van der Waals surface area contributed by atoms with Gasteiger partial charge >= 0.3 is 0 Å². The Morgan fingerprint density at radius 2 is 1.92 bits per heavy atom. The van der Waals surface area contributed by atoms with E-state index in [9.17, 15) is 4.79 Å². The first-order chi connectivity index (χ1) is 12.6. The molecule has 1 aromatic heterocycles. The first-order valence-electron chi connectivity index (χ1n) is 9.04. The lowest BCUT2D eigenvalue weighted by Crippen LogP contribution is -2.62. The lowest BCUT2D eigenvalue weighted by Gasteiger charge is -2.49. The van der Waals surface area contributed by atoms with Crippen molar-refractivity contribution in [1.82, 2.24) is 15.2 Å². The molecule has 0 radical (unpaired) electrons. The highest BCUT2D eigenvalue weighted by atomic mass is 35.5. The van der Waals surface area contributed by atoms with Crippen LogP contribution in [-0.4, -0.2) is 41.0 Å². The Labute approximate surface area is 158 Å². The summed E-state index contributed by atoms with van der Waals surface area (Å²) in [6.07, 6.45) is 3.95. The number of amides is 1. The van der Waals surface area contributed by atoms with Crippen LogP contribution in [0.4, 0.5) is 0 Å². The van der Waals surface area contributed by atoms with Crippen LogP contribution in [0, 0.1) is 5.92 Å². The van der Waals surface area contributed by atoms with Crippen LogP contribution in [0.25, 0.3) is 0 Å². The minimum absolute atomic E-state index is 0.0193. The molecule has 5 rings (SSSR count). The van der Waals surface area contributed by atoms with Gasteiger partial charge in [-0.2, -0.15) is 0 Å². The zero-order chi connectivity index (χ0) is 18.1. The zero-order valence-electron chi connectivity index (χ0n) is 14.7. The minimum atomic E-state index is -0.0193. The van der Waals surface area contributed by atoms with Crippen LogP contribution in [0.2, 0.25) is 5.15 Å². The van der Waals surface area contributed by atoms with Crippen molar-refractivity contribution in [3.63, 3.8) is 0 Å². The molecule has 0 saturated carbocycles. The van der Waals surface area contributed by atoms with E-state index >= 15 is 0 Å². The van der Waals surface area contributed by atoms with Crippen LogP contribution in [0.1, 0.15) is 30.1 Å². The van der Waals surface area contributed by atoms with E-state index in [2.05, 4.69) is 22.1 Å². The third-order valence-electron chi connectivity index (χ3n) is 5.53. The molecule has 5 nitrogen and oxygen atoms in total. The number of ether oxygens (including phenoxy) is 1. The lowest BCUT2D eigenvalue weighted by molar-refractivity contribution is 0.0217. The van der Waals surface area contributed by atoms with Crippen molar-refractivity contribution >= 4 is 17.5 Å². The number of pyridine rings is 1. The maximum absolute atomic E-state index is 12.7. The molecule has 3 aliphatic heterocycles. The molecule has 3 fully saturated rings.